The van der Waals surface area contributed by atoms with Crippen LogP contribution in [0.4, 0.5) is 0 Å². The Bertz CT molecular complexity index is 860. The summed E-state index contributed by atoms with van der Waals surface area (Å²) in [6.07, 6.45) is 4.84. The highest BCUT2D eigenvalue weighted by atomic mass is 15.4. The molecule has 0 aliphatic carbocycles. The van der Waals surface area contributed by atoms with Crippen LogP contribution in [0.1, 0.15) is 30.6 Å². The van der Waals surface area contributed by atoms with Crippen LogP contribution in [0.5, 0.6) is 0 Å². The highest BCUT2D eigenvalue weighted by Crippen LogP contribution is 2.36. The summed E-state index contributed by atoms with van der Waals surface area (Å²) in [5.74, 6) is 0. The van der Waals surface area contributed by atoms with E-state index in [-0.39, 0.29) is 6.04 Å². The molecule has 2 N–H and O–H groups in total. The van der Waals surface area contributed by atoms with Crippen LogP contribution in [0.15, 0.2) is 30.6 Å². The normalized spacial score (nSPS) is 16.7. The predicted molar refractivity (Wildman–Crippen MR) is 88.6 cm³/mol. The summed E-state index contributed by atoms with van der Waals surface area (Å²) in [5, 5.41) is 12.8. The number of hydrogen-bond acceptors (Lipinski definition) is 4. The maximum absolute atomic E-state index is 6.43. The first-order chi connectivity index (χ1) is 11.2. The average molecular weight is 308 g/mol. The van der Waals surface area contributed by atoms with Crippen molar-refractivity contribution < 1.29 is 0 Å². The minimum atomic E-state index is 0.00673. The maximum atomic E-state index is 6.43. The molecule has 118 valence electrons. The lowest BCUT2D eigenvalue weighted by molar-refractivity contribution is 0.524. The molecule has 0 amide bonds. The van der Waals surface area contributed by atoms with Crippen LogP contribution in [0.2, 0.25) is 0 Å². The van der Waals surface area contributed by atoms with Gasteiger partial charge in [0.15, 0.2) is 0 Å². The molecule has 3 heterocycles. The van der Waals surface area contributed by atoms with E-state index in [1.807, 2.05) is 22.5 Å². The van der Waals surface area contributed by atoms with E-state index in [4.69, 9.17) is 5.73 Å². The van der Waals surface area contributed by atoms with Gasteiger partial charge < -0.3 is 5.73 Å². The van der Waals surface area contributed by atoms with Crippen molar-refractivity contribution in [2.24, 2.45) is 5.73 Å². The summed E-state index contributed by atoms with van der Waals surface area (Å²) in [6, 6.07) is 6.47. The number of nitrogens with two attached hydrogens (primary N) is 1. The van der Waals surface area contributed by atoms with Crippen molar-refractivity contribution in [2.45, 2.75) is 39.4 Å². The van der Waals surface area contributed by atoms with Gasteiger partial charge in [-0.05, 0) is 37.5 Å². The zero-order valence-corrected chi connectivity index (χ0v) is 13.4. The van der Waals surface area contributed by atoms with Gasteiger partial charge in [0, 0.05) is 36.5 Å². The fourth-order valence-electron chi connectivity index (χ4n) is 3.26. The van der Waals surface area contributed by atoms with E-state index in [1.54, 1.807) is 0 Å². The lowest BCUT2D eigenvalue weighted by atomic mass is 9.93. The minimum absolute atomic E-state index is 0.00673. The van der Waals surface area contributed by atoms with Crippen molar-refractivity contribution in [3.05, 3.63) is 41.9 Å². The third-order valence-electron chi connectivity index (χ3n) is 4.55. The van der Waals surface area contributed by atoms with Crippen LogP contribution >= 0.6 is 0 Å². The summed E-state index contributed by atoms with van der Waals surface area (Å²) in [6.45, 7) is 5.75. The molecule has 1 aromatic carbocycles. The van der Waals surface area contributed by atoms with E-state index in [2.05, 4.69) is 46.7 Å². The van der Waals surface area contributed by atoms with Gasteiger partial charge >= 0.3 is 0 Å². The SMILES string of the molecule is CCn1cc(-c2ccc3c(c2)[C@H](N)CCn2nnc(C)c2-3)cn1. The highest BCUT2D eigenvalue weighted by Gasteiger charge is 2.23. The first kappa shape index (κ1) is 14.1. The Morgan fingerprint density at radius 1 is 1.30 bits per heavy atom. The number of rotatable bonds is 2. The van der Waals surface area contributed by atoms with E-state index in [1.165, 1.54) is 0 Å². The van der Waals surface area contributed by atoms with Gasteiger partial charge in [-0.3, -0.25) is 4.68 Å². The zero-order chi connectivity index (χ0) is 16.0. The molecular formula is C17H20N6. The Kier molecular flexibility index (Phi) is 3.27. The van der Waals surface area contributed by atoms with E-state index in [9.17, 15) is 0 Å². The molecule has 3 aromatic rings. The van der Waals surface area contributed by atoms with Crippen molar-refractivity contribution >= 4 is 0 Å². The van der Waals surface area contributed by atoms with E-state index >= 15 is 0 Å². The monoisotopic (exact) mass is 308 g/mol. The zero-order valence-electron chi connectivity index (χ0n) is 13.4. The molecule has 23 heavy (non-hydrogen) atoms. The molecule has 1 aliphatic rings. The Morgan fingerprint density at radius 2 is 2.17 bits per heavy atom. The van der Waals surface area contributed by atoms with Gasteiger partial charge in [0.25, 0.3) is 0 Å². The Hall–Kier alpha value is -2.47. The summed E-state index contributed by atoms with van der Waals surface area (Å²) in [5.41, 5.74) is 13.0. The Morgan fingerprint density at radius 3 is 2.96 bits per heavy atom. The highest BCUT2D eigenvalue weighted by molar-refractivity contribution is 5.73. The number of aromatic nitrogens is 5. The van der Waals surface area contributed by atoms with Crippen LogP contribution in [0, 0.1) is 6.92 Å². The molecule has 0 unspecified atom stereocenters. The Labute approximate surface area is 134 Å². The van der Waals surface area contributed by atoms with Gasteiger partial charge in [-0.2, -0.15) is 5.10 Å². The van der Waals surface area contributed by atoms with Crippen LogP contribution < -0.4 is 5.73 Å². The van der Waals surface area contributed by atoms with Gasteiger partial charge in [0.1, 0.15) is 0 Å². The first-order valence-corrected chi connectivity index (χ1v) is 8.00. The molecule has 1 aliphatic heterocycles. The third kappa shape index (κ3) is 2.26. The smallest absolute Gasteiger partial charge is 0.0918 e. The molecule has 0 radical (unpaired) electrons. The van der Waals surface area contributed by atoms with Crippen molar-refractivity contribution in [3.8, 4) is 22.4 Å². The Balaban J connectivity index is 1.86. The van der Waals surface area contributed by atoms with Gasteiger partial charge in [0.05, 0.1) is 17.6 Å². The molecule has 6 nitrogen and oxygen atoms in total. The standard InChI is InChI=1S/C17H20N6/c1-3-22-10-13(9-19-22)12-4-5-14-15(8-12)16(18)6-7-23-17(14)11(2)20-21-23/h4-5,8-10,16H,3,6-7,18H2,1-2H3/t16-/m1/s1. The summed E-state index contributed by atoms with van der Waals surface area (Å²) in [4.78, 5) is 0. The van der Waals surface area contributed by atoms with Crippen molar-refractivity contribution in [1.29, 1.82) is 0 Å². The molecule has 4 rings (SSSR count). The van der Waals surface area contributed by atoms with E-state index in [0.717, 1.165) is 53.2 Å². The van der Waals surface area contributed by atoms with E-state index in [0.29, 0.717) is 0 Å². The molecule has 0 bridgehead atoms. The quantitative estimate of drug-likeness (QED) is 0.789. The van der Waals surface area contributed by atoms with Crippen LogP contribution in [0.25, 0.3) is 22.4 Å². The number of benzene rings is 1. The van der Waals surface area contributed by atoms with Crippen molar-refractivity contribution in [1.82, 2.24) is 24.8 Å². The number of fused-ring (bicyclic) bond motifs is 3. The van der Waals surface area contributed by atoms with Crippen LogP contribution in [0.3, 0.4) is 0 Å². The summed E-state index contributed by atoms with van der Waals surface area (Å²) in [7, 11) is 0. The second-order valence-electron chi connectivity index (χ2n) is 6.03. The van der Waals surface area contributed by atoms with Crippen molar-refractivity contribution in [2.75, 3.05) is 0 Å². The summed E-state index contributed by atoms with van der Waals surface area (Å²) < 4.78 is 3.90. The second-order valence-corrected chi connectivity index (χ2v) is 6.03. The molecule has 0 spiro atoms. The molecule has 1 atom stereocenters. The fourth-order valence-corrected chi connectivity index (χ4v) is 3.26. The van der Waals surface area contributed by atoms with Gasteiger partial charge in [-0.1, -0.05) is 17.3 Å². The fraction of sp³-hybridized carbons (Fsp3) is 0.353. The molecule has 6 heteroatoms. The number of nitrogens with zero attached hydrogens (tertiary/aromatic N) is 5. The first-order valence-electron chi connectivity index (χ1n) is 8.00. The lowest BCUT2D eigenvalue weighted by Crippen LogP contribution is -2.12. The number of aryl methyl sites for hydroxylation is 3. The van der Waals surface area contributed by atoms with Gasteiger partial charge in [-0.25, -0.2) is 4.68 Å². The molecule has 0 saturated heterocycles. The summed E-state index contributed by atoms with van der Waals surface area (Å²) >= 11 is 0. The van der Waals surface area contributed by atoms with E-state index < -0.39 is 0 Å². The van der Waals surface area contributed by atoms with Crippen LogP contribution in [-0.4, -0.2) is 24.8 Å². The maximum Gasteiger partial charge on any atom is 0.0918 e. The van der Waals surface area contributed by atoms with Gasteiger partial charge in [0.2, 0.25) is 0 Å². The predicted octanol–water partition coefficient (Wildman–Crippen LogP) is 2.54. The molecule has 2 aromatic heterocycles. The number of hydrogen-bond donors (Lipinski definition) is 1. The van der Waals surface area contributed by atoms with Crippen LogP contribution in [-0.2, 0) is 13.1 Å². The minimum Gasteiger partial charge on any atom is -0.324 e. The molecular weight excluding hydrogens is 288 g/mol. The van der Waals surface area contributed by atoms with Gasteiger partial charge in [-0.15, -0.1) is 5.10 Å². The lowest BCUT2D eigenvalue weighted by Gasteiger charge is -2.14. The van der Waals surface area contributed by atoms with Crippen molar-refractivity contribution in [3.63, 3.8) is 0 Å². The average Bonchev–Trinajstić information content (AvgIpc) is 3.15. The molecule has 0 saturated carbocycles. The third-order valence-corrected chi connectivity index (χ3v) is 4.55. The molecule has 0 fully saturated rings. The largest absolute Gasteiger partial charge is 0.324 e. The second kappa shape index (κ2) is 5.31. The topological polar surface area (TPSA) is 74.5 Å².